The second-order valence-corrected chi connectivity index (χ2v) is 4.25. The Kier molecular flexibility index (Phi) is 4.45. The number of benzene rings is 1. The first-order valence-electron chi connectivity index (χ1n) is 5.10. The maximum absolute atomic E-state index is 11.0. The van der Waals surface area contributed by atoms with Crippen molar-refractivity contribution in [3.05, 3.63) is 33.3 Å². The van der Waals surface area contributed by atoms with Crippen molar-refractivity contribution in [1.82, 2.24) is 0 Å². The molecule has 0 saturated heterocycles. The molecule has 0 aliphatic rings. The summed E-state index contributed by atoms with van der Waals surface area (Å²) in [5.41, 5.74) is 0.278. The number of carbonyl (C=O) groups excluding carboxylic acids is 1. The third-order valence-corrected chi connectivity index (χ3v) is 2.68. The molecule has 0 heterocycles. The maximum Gasteiger partial charge on any atom is 0.293 e. The van der Waals surface area contributed by atoms with Gasteiger partial charge in [-0.3, -0.25) is 14.9 Å². The van der Waals surface area contributed by atoms with E-state index in [9.17, 15) is 14.9 Å². The first-order chi connectivity index (χ1) is 7.91. The van der Waals surface area contributed by atoms with Gasteiger partial charge in [0.25, 0.3) is 5.69 Å². The summed E-state index contributed by atoms with van der Waals surface area (Å²) in [5, 5.41) is 14.0. The molecule has 0 aliphatic heterocycles. The molecule has 1 atom stereocenters. The highest BCUT2D eigenvalue weighted by molar-refractivity contribution is 6.30. The van der Waals surface area contributed by atoms with Crippen LogP contribution in [0.3, 0.4) is 0 Å². The van der Waals surface area contributed by atoms with E-state index in [0.29, 0.717) is 17.3 Å². The van der Waals surface area contributed by atoms with Crippen molar-refractivity contribution in [2.75, 3.05) is 11.9 Å². The van der Waals surface area contributed by atoms with Crippen LogP contribution in [0.4, 0.5) is 11.4 Å². The zero-order chi connectivity index (χ0) is 13.0. The van der Waals surface area contributed by atoms with E-state index >= 15 is 0 Å². The van der Waals surface area contributed by atoms with Crippen molar-refractivity contribution < 1.29 is 9.72 Å². The smallest absolute Gasteiger partial charge is 0.293 e. The number of nitro benzene ring substituents is 1. The van der Waals surface area contributed by atoms with Gasteiger partial charge in [-0.1, -0.05) is 18.5 Å². The van der Waals surface area contributed by atoms with Gasteiger partial charge in [0.05, 0.1) is 4.92 Å². The number of Topliss-reactive ketones (excluding diaryl/α,β-unsaturated/α-hetero) is 1. The monoisotopic (exact) mass is 256 g/mol. The van der Waals surface area contributed by atoms with Crippen LogP contribution in [0, 0.1) is 16.0 Å². The Bertz CT molecular complexity index is 448. The van der Waals surface area contributed by atoms with E-state index in [4.69, 9.17) is 11.6 Å². The van der Waals surface area contributed by atoms with Crippen LogP contribution in [0.15, 0.2) is 18.2 Å². The number of nitro groups is 1. The van der Waals surface area contributed by atoms with Gasteiger partial charge in [0.2, 0.25) is 0 Å². The highest BCUT2D eigenvalue weighted by Gasteiger charge is 2.15. The van der Waals surface area contributed by atoms with Crippen molar-refractivity contribution in [1.29, 1.82) is 0 Å². The third-order valence-electron chi connectivity index (χ3n) is 2.45. The molecular weight excluding hydrogens is 244 g/mol. The fraction of sp³-hybridized carbons (Fsp3) is 0.364. The molecule has 0 bridgehead atoms. The zero-order valence-corrected chi connectivity index (χ0v) is 10.3. The van der Waals surface area contributed by atoms with Crippen LogP contribution in [0.5, 0.6) is 0 Å². The topological polar surface area (TPSA) is 72.2 Å². The molecule has 0 fully saturated rings. The number of halogens is 1. The lowest BCUT2D eigenvalue weighted by Gasteiger charge is -2.10. The highest BCUT2D eigenvalue weighted by atomic mass is 35.5. The quantitative estimate of drug-likeness (QED) is 0.649. The second-order valence-electron chi connectivity index (χ2n) is 3.81. The van der Waals surface area contributed by atoms with Crippen LogP contribution < -0.4 is 5.32 Å². The fourth-order valence-corrected chi connectivity index (χ4v) is 1.38. The van der Waals surface area contributed by atoms with Crippen LogP contribution in [-0.4, -0.2) is 17.3 Å². The fourth-order valence-electron chi connectivity index (χ4n) is 1.21. The van der Waals surface area contributed by atoms with Crippen molar-refractivity contribution in [2.24, 2.45) is 5.92 Å². The van der Waals surface area contributed by atoms with Gasteiger partial charge in [0, 0.05) is 23.6 Å². The Morgan fingerprint density at radius 2 is 2.24 bits per heavy atom. The standard InChI is InChI=1S/C11H13ClN2O3/c1-7(8(2)15)6-13-10-4-3-9(12)5-11(10)14(16)17/h3-5,7,13H,6H2,1-2H3. The van der Waals surface area contributed by atoms with Crippen LogP contribution in [0.25, 0.3) is 0 Å². The van der Waals surface area contributed by atoms with Crippen LogP contribution >= 0.6 is 11.6 Å². The van der Waals surface area contributed by atoms with E-state index in [1.807, 2.05) is 0 Å². The summed E-state index contributed by atoms with van der Waals surface area (Å²) in [6, 6.07) is 4.38. The molecule has 0 amide bonds. The third kappa shape index (κ3) is 3.71. The zero-order valence-electron chi connectivity index (χ0n) is 9.57. The molecule has 92 valence electrons. The molecule has 0 spiro atoms. The lowest BCUT2D eigenvalue weighted by Crippen LogP contribution is -2.18. The number of carbonyl (C=O) groups is 1. The van der Waals surface area contributed by atoms with Crippen LogP contribution in [0.1, 0.15) is 13.8 Å². The summed E-state index contributed by atoms with van der Waals surface area (Å²) in [7, 11) is 0. The van der Waals surface area contributed by atoms with E-state index in [0.717, 1.165) is 0 Å². The molecule has 1 N–H and O–H groups in total. The Morgan fingerprint density at radius 1 is 1.59 bits per heavy atom. The maximum atomic E-state index is 11.0. The number of anilines is 1. The van der Waals surface area contributed by atoms with Gasteiger partial charge in [0.15, 0.2) is 0 Å². The summed E-state index contributed by atoms with van der Waals surface area (Å²) in [4.78, 5) is 21.3. The largest absolute Gasteiger partial charge is 0.379 e. The number of hydrogen-bond donors (Lipinski definition) is 1. The van der Waals surface area contributed by atoms with Gasteiger partial charge in [-0.2, -0.15) is 0 Å². The van der Waals surface area contributed by atoms with Crippen molar-refractivity contribution >= 4 is 28.8 Å². The number of nitrogens with zero attached hydrogens (tertiary/aromatic N) is 1. The Labute approximate surface area is 104 Å². The molecule has 0 aliphatic carbocycles. The van der Waals surface area contributed by atoms with Crippen molar-refractivity contribution in [3.8, 4) is 0 Å². The highest BCUT2D eigenvalue weighted by Crippen LogP contribution is 2.27. The van der Waals surface area contributed by atoms with Crippen molar-refractivity contribution in [2.45, 2.75) is 13.8 Å². The van der Waals surface area contributed by atoms with Crippen molar-refractivity contribution in [3.63, 3.8) is 0 Å². The first-order valence-corrected chi connectivity index (χ1v) is 5.48. The van der Waals surface area contributed by atoms with Gasteiger partial charge in [-0.25, -0.2) is 0 Å². The van der Waals surface area contributed by atoms with Gasteiger partial charge in [0.1, 0.15) is 11.5 Å². The van der Waals surface area contributed by atoms with E-state index in [-0.39, 0.29) is 17.4 Å². The van der Waals surface area contributed by atoms with E-state index in [2.05, 4.69) is 5.32 Å². The van der Waals surface area contributed by atoms with Gasteiger partial charge >= 0.3 is 0 Å². The number of ketones is 1. The normalized spacial score (nSPS) is 11.9. The molecule has 6 heteroatoms. The number of rotatable bonds is 5. The van der Waals surface area contributed by atoms with E-state index in [1.54, 1.807) is 13.0 Å². The second kappa shape index (κ2) is 5.63. The first kappa shape index (κ1) is 13.4. The predicted molar refractivity (Wildman–Crippen MR) is 66.4 cm³/mol. The van der Waals surface area contributed by atoms with E-state index < -0.39 is 4.92 Å². The SMILES string of the molecule is CC(=O)C(C)CNc1ccc(Cl)cc1[N+](=O)[O-]. The van der Waals surface area contributed by atoms with Crippen LogP contribution in [-0.2, 0) is 4.79 Å². The summed E-state index contributed by atoms with van der Waals surface area (Å²) in [6.07, 6.45) is 0. The average Bonchev–Trinajstić information content (AvgIpc) is 2.26. The average molecular weight is 257 g/mol. The molecule has 1 unspecified atom stereocenters. The number of hydrogen-bond acceptors (Lipinski definition) is 4. The molecule has 0 saturated carbocycles. The molecule has 0 aromatic heterocycles. The molecule has 1 aromatic carbocycles. The van der Waals surface area contributed by atoms with Gasteiger partial charge < -0.3 is 5.32 Å². The predicted octanol–water partition coefficient (Wildman–Crippen LogP) is 2.89. The minimum absolute atomic E-state index is 0.0362. The molecule has 1 aromatic rings. The molecule has 17 heavy (non-hydrogen) atoms. The number of nitrogens with one attached hydrogen (secondary N) is 1. The molecular formula is C11H13ClN2O3. The minimum atomic E-state index is -0.507. The molecule has 1 rings (SSSR count). The van der Waals surface area contributed by atoms with Gasteiger partial charge in [-0.05, 0) is 19.1 Å². The minimum Gasteiger partial charge on any atom is -0.379 e. The Hall–Kier alpha value is -1.62. The summed E-state index contributed by atoms with van der Waals surface area (Å²) in [6.45, 7) is 3.61. The molecule has 0 radical (unpaired) electrons. The van der Waals surface area contributed by atoms with Gasteiger partial charge in [-0.15, -0.1) is 0 Å². The summed E-state index contributed by atoms with van der Waals surface area (Å²) >= 11 is 5.69. The lowest BCUT2D eigenvalue weighted by molar-refractivity contribution is -0.383. The Morgan fingerprint density at radius 3 is 2.76 bits per heavy atom. The lowest BCUT2D eigenvalue weighted by atomic mass is 10.1. The Balaban J connectivity index is 2.84. The van der Waals surface area contributed by atoms with Crippen LogP contribution in [0.2, 0.25) is 5.02 Å². The van der Waals surface area contributed by atoms with E-state index in [1.165, 1.54) is 19.1 Å². The molecule has 5 nitrogen and oxygen atoms in total. The summed E-state index contributed by atoms with van der Waals surface area (Å²) in [5.74, 6) is -0.153. The summed E-state index contributed by atoms with van der Waals surface area (Å²) < 4.78 is 0.